The third-order valence-electron chi connectivity index (χ3n) is 1.23. The molecule has 3 nitrogen and oxygen atoms in total. The molecule has 11 heavy (non-hydrogen) atoms. The van der Waals surface area contributed by atoms with Crippen molar-refractivity contribution < 1.29 is 24.7 Å². The van der Waals surface area contributed by atoms with Gasteiger partial charge in [-0.05, 0) is 0 Å². The number of hydrogen-bond donors (Lipinski definition) is 0. The molecule has 0 unspecified atom stereocenters. The van der Waals surface area contributed by atoms with Gasteiger partial charge in [-0.25, -0.2) is 0 Å². The van der Waals surface area contributed by atoms with Gasteiger partial charge < -0.3 is 0 Å². The molecule has 4 heteroatoms. The fourth-order valence-corrected chi connectivity index (χ4v) is 1.19. The average Bonchev–Trinajstić information content (AvgIpc) is 2.04. The first-order chi connectivity index (χ1) is 5.33. The molecule has 0 heterocycles. The van der Waals surface area contributed by atoms with E-state index in [0.717, 1.165) is 5.56 Å². The summed E-state index contributed by atoms with van der Waals surface area (Å²) in [7, 11) is 0. The van der Waals surface area contributed by atoms with Gasteiger partial charge in [-0.15, -0.1) is 0 Å². The quantitative estimate of drug-likeness (QED) is 0.446. The van der Waals surface area contributed by atoms with Crippen LogP contribution in [0, 0.1) is 24.7 Å². The number of benzene rings is 1. The van der Waals surface area contributed by atoms with Crippen LogP contribution in [-0.4, -0.2) is 0 Å². The van der Waals surface area contributed by atoms with Crippen molar-refractivity contribution in [1.82, 2.24) is 0 Å². The van der Waals surface area contributed by atoms with Gasteiger partial charge in [0.05, 0.1) is 0 Å². The minimum atomic E-state index is 0.447. The summed E-state index contributed by atoms with van der Waals surface area (Å²) in [5.74, 6) is 0. The van der Waals surface area contributed by atoms with E-state index in [2.05, 4.69) is 10.0 Å². The molecule has 0 aromatic heterocycles. The molecular weight excluding hydrogens is 337 g/mol. The zero-order valence-corrected chi connectivity index (χ0v) is 8.67. The topological polar surface area (TPSA) is 48.8 Å². The van der Waals surface area contributed by atoms with E-state index in [1.165, 1.54) is 3.27 Å². The third-order valence-corrected chi connectivity index (χ3v) is 2.21. The van der Waals surface area contributed by atoms with Crippen molar-refractivity contribution in [3.8, 4) is 0 Å². The van der Waals surface area contributed by atoms with Crippen LogP contribution in [0.15, 0.2) is 29.4 Å². The molecule has 1 aromatic carbocycles. The molecule has 1 rings (SSSR count). The molecule has 0 bridgehead atoms. The molecule has 0 fully saturated rings. The second-order valence-electron chi connectivity index (χ2n) is 2.02. The first-order valence-electron chi connectivity index (χ1n) is 3.08. The van der Waals surface area contributed by atoms with E-state index < -0.39 is 0 Å². The SMILES string of the molecule is [N-]=[N+]=NCc1ccc([211At])cc1. The molecule has 0 N–H and O–H groups in total. The Morgan fingerprint density at radius 3 is 2.55 bits per heavy atom. The molecule has 0 spiro atoms. The van der Waals surface area contributed by atoms with Gasteiger partial charge >= 0.3 is 79.9 Å². The second-order valence-corrected chi connectivity index (χ2v) is 3.71. The Bertz CT molecular complexity index is 274. The summed E-state index contributed by atoms with van der Waals surface area (Å²) in [5, 5.41) is 3.46. The van der Waals surface area contributed by atoms with Crippen LogP contribution in [0.5, 0.6) is 0 Å². The van der Waals surface area contributed by atoms with Crippen molar-refractivity contribution in [2.75, 3.05) is 0 Å². The van der Waals surface area contributed by atoms with Gasteiger partial charge in [0.2, 0.25) is 0 Å². The predicted octanol–water partition coefficient (Wildman–Crippen LogP) is 1.67. The summed E-state index contributed by atoms with van der Waals surface area (Å²) in [4.78, 5) is 2.68. The van der Waals surface area contributed by atoms with Crippen molar-refractivity contribution in [2.45, 2.75) is 6.54 Å². The Balaban J connectivity index is 2.73. The molecule has 0 amide bonds. The molecule has 0 aliphatic carbocycles. The molecule has 0 saturated carbocycles. The Kier molecular flexibility index (Phi) is 3.34. The normalized spacial score (nSPS) is 8.82. The van der Waals surface area contributed by atoms with Gasteiger partial charge in [0.15, 0.2) is 0 Å². The average molecular weight is 343 g/mol. The Labute approximate surface area is 79.9 Å². The molecule has 0 aliphatic rings. The van der Waals surface area contributed by atoms with Crippen LogP contribution in [-0.2, 0) is 6.54 Å². The molecule has 0 radical (unpaired) electrons. The van der Waals surface area contributed by atoms with Crippen LogP contribution < -0.4 is 3.27 Å². The van der Waals surface area contributed by atoms with Gasteiger partial charge in [0.1, 0.15) is 0 Å². The number of azide groups is 1. The van der Waals surface area contributed by atoms with E-state index in [0.29, 0.717) is 6.54 Å². The van der Waals surface area contributed by atoms with Gasteiger partial charge in [-0.2, -0.15) is 0 Å². The van der Waals surface area contributed by atoms with Crippen LogP contribution in [0.4, 0.5) is 0 Å². The van der Waals surface area contributed by atoms with Gasteiger partial charge in [0, 0.05) is 0 Å². The summed E-state index contributed by atoms with van der Waals surface area (Å²) in [6, 6.07) is 8.01. The van der Waals surface area contributed by atoms with E-state index >= 15 is 0 Å². The maximum absolute atomic E-state index is 8.04. The zero-order valence-electron chi connectivity index (χ0n) is 5.74. The van der Waals surface area contributed by atoms with Crippen LogP contribution in [0.1, 0.15) is 5.56 Å². The van der Waals surface area contributed by atoms with Crippen molar-refractivity contribution in [3.05, 3.63) is 40.3 Å². The van der Waals surface area contributed by atoms with Gasteiger partial charge in [0.25, 0.3) is 0 Å². The molecule has 0 saturated heterocycles. The molecular formula is C7H6AtN3. The Morgan fingerprint density at radius 1 is 1.36 bits per heavy atom. The third kappa shape index (κ3) is 2.88. The van der Waals surface area contributed by atoms with E-state index in [4.69, 9.17) is 5.53 Å². The number of nitrogens with zero attached hydrogens (tertiary/aromatic N) is 3. The fraction of sp³-hybridized carbons (Fsp3) is 0.143. The Morgan fingerprint density at radius 2 is 2.00 bits per heavy atom. The van der Waals surface area contributed by atoms with E-state index in [1.807, 2.05) is 24.3 Å². The Hall–Kier alpha value is -0.587. The summed E-state index contributed by atoms with van der Waals surface area (Å²) in [6.07, 6.45) is 0. The molecule has 56 valence electrons. The van der Waals surface area contributed by atoms with Crippen molar-refractivity contribution >= 4 is 3.27 Å². The van der Waals surface area contributed by atoms with Crippen molar-refractivity contribution in [1.29, 1.82) is 0 Å². The fourth-order valence-electron chi connectivity index (χ4n) is 0.703. The van der Waals surface area contributed by atoms with E-state index in [1.54, 1.807) is 24.7 Å². The van der Waals surface area contributed by atoms with Crippen LogP contribution in [0.3, 0.4) is 0 Å². The summed E-state index contributed by atoms with van der Waals surface area (Å²) in [5.41, 5.74) is 9.10. The molecule has 0 atom stereocenters. The second kappa shape index (κ2) is 4.32. The number of hydrogen-bond acceptors (Lipinski definition) is 1. The maximum atomic E-state index is 8.04. The van der Waals surface area contributed by atoms with Crippen LogP contribution >= 0.6 is 0 Å². The van der Waals surface area contributed by atoms with E-state index in [9.17, 15) is 0 Å². The van der Waals surface area contributed by atoms with Gasteiger partial charge in [-0.3, -0.25) is 0 Å². The first-order valence-corrected chi connectivity index (χ1v) is 4.55. The van der Waals surface area contributed by atoms with Crippen molar-refractivity contribution in [2.24, 2.45) is 5.11 Å². The van der Waals surface area contributed by atoms with E-state index in [-0.39, 0.29) is 0 Å². The predicted molar refractivity (Wildman–Crippen MR) is 38.9 cm³/mol. The van der Waals surface area contributed by atoms with Crippen LogP contribution in [0.25, 0.3) is 10.4 Å². The zero-order chi connectivity index (χ0) is 8.10. The monoisotopic (exact) mass is 343 g/mol. The van der Waals surface area contributed by atoms with Crippen molar-refractivity contribution in [3.63, 3.8) is 0 Å². The molecule has 0 aliphatic heterocycles. The summed E-state index contributed by atoms with van der Waals surface area (Å²) in [6.45, 7) is 0.447. The first kappa shape index (κ1) is 8.51. The molecule has 1 aromatic rings. The number of rotatable bonds is 2. The standard InChI is InChI=1S/C7H6AtN3/c8-7-3-1-6(2-4-7)5-10-11-9/h1-4H,5H2/i8+1. The van der Waals surface area contributed by atoms with Crippen LogP contribution in [0.2, 0.25) is 0 Å². The van der Waals surface area contributed by atoms with Gasteiger partial charge in [-0.1, -0.05) is 0 Å². The summed E-state index contributed by atoms with van der Waals surface area (Å²) < 4.78 is 1.27. The minimum absolute atomic E-state index is 0.447. The summed E-state index contributed by atoms with van der Waals surface area (Å²) >= 11 is 1.64.